The Morgan fingerprint density at radius 3 is 2.03 bits per heavy atom. The normalized spacial score (nSPS) is 14.9. The monoisotopic (exact) mass is 419 g/mol. The number of carbonyl (C=O) groups is 2. The van der Waals surface area contributed by atoms with Gasteiger partial charge in [-0.15, -0.1) is 10.2 Å². The zero-order valence-corrected chi connectivity index (χ0v) is 17.1. The van der Waals surface area contributed by atoms with Gasteiger partial charge in [-0.3, -0.25) is 24.1 Å². The topological polar surface area (TPSA) is 138 Å². The van der Waals surface area contributed by atoms with Gasteiger partial charge in [-0.05, 0) is 25.0 Å². The van der Waals surface area contributed by atoms with Gasteiger partial charge in [0, 0.05) is 11.8 Å². The zero-order chi connectivity index (χ0) is 21.5. The van der Waals surface area contributed by atoms with E-state index < -0.39 is 16.2 Å². The predicted octanol–water partition coefficient (Wildman–Crippen LogP) is 2.04. The molecule has 11 heteroatoms. The smallest absolute Gasteiger partial charge is 0.262 e. The molecule has 3 aromatic rings. The number of fused-ring (bicyclic) bond motifs is 2. The Labute approximate surface area is 167 Å². The lowest BCUT2D eigenvalue weighted by molar-refractivity contribution is 0.0587. The van der Waals surface area contributed by atoms with Crippen LogP contribution in [0.15, 0.2) is 30.3 Å². The van der Waals surface area contributed by atoms with Gasteiger partial charge >= 0.3 is 0 Å². The summed E-state index contributed by atoms with van der Waals surface area (Å²) in [6.07, 6.45) is 0.715. The van der Waals surface area contributed by atoms with E-state index in [1.165, 1.54) is 4.90 Å². The molecule has 2 aromatic heterocycles. The number of benzene rings is 1. The van der Waals surface area contributed by atoms with Crippen LogP contribution in [0.1, 0.15) is 65.0 Å². The number of nitrogens with zero attached hydrogens (tertiary/aromatic N) is 4. The molecular formula is C18H21N5O5S. The van der Waals surface area contributed by atoms with Gasteiger partial charge in [0.1, 0.15) is 0 Å². The predicted molar refractivity (Wildman–Crippen MR) is 104 cm³/mol. The largest absolute Gasteiger partial charge is 0.295 e. The molecule has 1 atom stereocenters. The first-order valence-corrected chi connectivity index (χ1v) is 10.7. The second-order valence-electron chi connectivity index (χ2n) is 7.05. The summed E-state index contributed by atoms with van der Waals surface area (Å²) in [7, 11) is -3.67. The van der Waals surface area contributed by atoms with Crippen molar-refractivity contribution in [2.75, 3.05) is 6.26 Å². The van der Waals surface area contributed by atoms with Crippen LogP contribution in [-0.2, 0) is 10.1 Å². The Hall–Kier alpha value is -3.05. The Kier molecular flexibility index (Phi) is 5.28. The third kappa shape index (κ3) is 4.05. The summed E-state index contributed by atoms with van der Waals surface area (Å²) in [5, 5.41) is 11.6. The van der Waals surface area contributed by atoms with Gasteiger partial charge in [-0.25, -0.2) is 4.52 Å². The highest BCUT2D eigenvalue weighted by molar-refractivity contribution is 7.85. The fourth-order valence-corrected chi connectivity index (χ4v) is 3.06. The summed E-state index contributed by atoms with van der Waals surface area (Å²) in [6, 6.07) is 8.27. The van der Waals surface area contributed by atoms with E-state index in [0.717, 1.165) is 5.69 Å². The van der Waals surface area contributed by atoms with Gasteiger partial charge in [0.25, 0.3) is 21.9 Å². The maximum absolute atomic E-state index is 12.6. The minimum atomic E-state index is -3.67. The molecule has 0 aliphatic carbocycles. The van der Waals surface area contributed by atoms with Crippen LogP contribution in [0.2, 0.25) is 0 Å². The van der Waals surface area contributed by atoms with E-state index >= 15 is 0 Å². The SMILES string of the molecule is CC(C)c1cc2nnc(C(C)N3C(=O)c4ccccc4C3=O)n2[nH]1.CS(=O)(=O)O. The summed E-state index contributed by atoms with van der Waals surface area (Å²) in [5.74, 6) is 0.256. The first-order chi connectivity index (χ1) is 13.5. The Balaban J connectivity index is 0.000000431. The first kappa shape index (κ1) is 20.7. The molecule has 1 aliphatic rings. The van der Waals surface area contributed by atoms with E-state index in [1.54, 1.807) is 35.7 Å². The molecule has 10 nitrogen and oxygen atoms in total. The van der Waals surface area contributed by atoms with Gasteiger partial charge in [0.05, 0.1) is 23.4 Å². The van der Waals surface area contributed by atoms with Crippen molar-refractivity contribution in [3.05, 3.63) is 53.0 Å². The van der Waals surface area contributed by atoms with Gasteiger partial charge in [0.2, 0.25) is 0 Å². The number of amides is 2. The van der Waals surface area contributed by atoms with Gasteiger partial charge in [-0.2, -0.15) is 8.42 Å². The molecule has 2 N–H and O–H groups in total. The number of aromatic amines is 1. The molecule has 154 valence electrons. The second kappa shape index (κ2) is 7.41. The zero-order valence-electron chi connectivity index (χ0n) is 16.3. The van der Waals surface area contributed by atoms with E-state index in [4.69, 9.17) is 4.55 Å². The van der Waals surface area contributed by atoms with Crippen molar-refractivity contribution in [1.82, 2.24) is 24.7 Å². The summed E-state index contributed by atoms with van der Waals surface area (Å²) in [4.78, 5) is 26.5. The molecule has 0 fully saturated rings. The van der Waals surface area contributed by atoms with Crippen molar-refractivity contribution in [3.63, 3.8) is 0 Å². The highest BCUT2D eigenvalue weighted by Gasteiger charge is 2.40. The van der Waals surface area contributed by atoms with Crippen LogP contribution in [0.5, 0.6) is 0 Å². The number of carbonyl (C=O) groups excluding carboxylic acids is 2. The third-order valence-electron chi connectivity index (χ3n) is 4.45. The Bertz CT molecular complexity index is 1150. The number of hydrogen-bond donors (Lipinski definition) is 2. The van der Waals surface area contributed by atoms with Crippen LogP contribution in [0.3, 0.4) is 0 Å². The Morgan fingerprint density at radius 2 is 1.55 bits per heavy atom. The third-order valence-corrected chi connectivity index (χ3v) is 4.45. The van der Waals surface area contributed by atoms with Crippen molar-refractivity contribution >= 4 is 27.6 Å². The molecule has 0 saturated carbocycles. The van der Waals surface area contributed by atoms with Crippen LogP contribution >= 0.6 is 0 Å². The fourth-order valence-electron chi connectivity index (χ4n) is 3.06. The molecule has 0 bridgehead atoms. The molecule has 2 amide bonds. The number of aromatic nitrogens is 4. The van der Waals surface area contributed by atoms with Gasteiger partial charge in [0.15, 0.2) is 11.5 Å². The fraction of sp³-hybridized carbons (Fsp3) is 0.333. The van der Waals surface area contributed by atoms with Gasteiger partial charge < -0.3 is 0 Å². The lowest BCUT2D eigenvalue weighted by atomic mass is 10.1. The molecule has 0 radical (unpaired) electrons. The van der Waals surface area contributed by atoms with Crippen LogP contribution < -0.4 is 0 Å². The molecule has 3 heterocycles. The van der Waals surface area contributed by atoms with Crippen molar-refractivity contribution < 1.29 is 22.6 Å². The highest BCUT2D eigenvalue weighted by Crippen LogP contribution is 2.30. The van der Waals surface area contributed by atoms with Crippen LogP contribution in [0, 0.1) is 0 Å². The molecule has 0 saturated heterocycles. The lowest BCUT2D eigenvalue weighted by Crippen LogP contribution is -2.33. The van der Waals surface area contributed by atoms with Crippen LogP contribution in [0.25, 0.3) is 5.65 Å². The minimum Gasteiger partial charge on any atom is -0.295 e. The maximum Gasteiger partial charge on any atom is 0.262 e. The van der Waals surface area contributed by atoms with Crippen molar-refractivity contribution in [3.8, 4) is 0 Å². The minimum absolute atomic E-state index is 0.296. The van der Waals surface area contributed by atoms with Crippen molar-refractivity contribution in [2.24, 2.45) is 0 Å². The standard InChI is InChI=1S/C17H17N5O2.CH4O3S/c1-9(2)13-8-14-18-19-15(22(14)20-13)10(3)21-16(23)11-6-4-5-7-12(11)17(21)24;1-5(2,3)4/h4-10,20H,1-3H3;1H3,(H,2,3,4). The molecule has 4 rings (SSSR count). The molecule has 1 aliphatic heterocycles. The van der Waals surface area contributed by atoms with Crippen LogP contribution in [-0.4, -0.2) is 55.8 Å². The number of rotatable bonds is 3. The van der Waals surface area contributed by atoms with E-state index in [1.807, 2.05) is 6.07 Å². The molecular weight excluding hydrogens is 398 g/mol. The lowest BCUT2D eigenvalue weighted by Gasteiger charge is -2.20. The summed E-state index contributed by atoms with van der Waals surface area (Å²) >= 11 is 0. The summed E-state index contributed by atoms with van der Waals surface area (Å²) in [5.41, 5.74) is 2.57. The summed E-state index contributed by atoms with van der Waals surface area (Å²) in [6.45, 7) is 5.94. The van der Waals surface area contributed by atoms with E-state index in [2.05, 4.69) is 29.1 Å². The number of imide groups is 1. The average molecular weight is 419 g/mol. The average Bonchev–Trinajstić information content (AvgIpc) is 3.26. The first-order valence-electron chi connectivity index (χ1n) is 8.82. The number of H-pyrrole nitrogens is 1. The van der Waals surface area contributed by atoms with E-state index in [9.17, 15) is 18.0 Å². The second-order valence-corrected chi connectivity index (χ2v) is 8.52. The van der Waals surface area contributed by atoms with E-state index in [0.29, 0.717) is 34.8 Å². The van der Waals surface area contributed by atoms with Gasteiger partial charge in [-0.1, -0.05) is 26.0 Å². The maximum atomic E-state index is 12.6. The molecule has 29 heavy (non-hydrogen) atoms. The number of nitrogens with one attached hydrogen (secondary N) is 1. The number of hydrogen-bond acceptors (Lipinski definition) is 6. The van der Waals surface area contributed by atoms with E-state index in [-0.39, 0.29) is 11.8 Å². The highest BCUT2D eigenvalue weighted by atomic mass is 32.2. The molecule has 1 unspecified atom stereocenters. The van der Waals surface area contributed by atoms with Crippen LogP contribution in [0.4, 0.5) is 0 Å². The Morgan fingerprint density at radius 1 is 1.03 bits per heavy atom. The molecule has 1 aromatic carbocycles. The molecule has 0 spiro atoms. The van der Waals surface area contributed by atoms with Crippen molar-refractivity contribution in [2.45, 2.75) is 32.7 Å². The van der Waals surface area contributed by atoms with Crippen molar-refractivity contribution in [1.29, 1.82) is 0 Å². The quantitative estimate of drug-likeness (QED) is 0.489. The summed E-state index contributed by atoms with van der Waals surface area (Å²) < 4.78 is 27.6.